The summed E-state index contributed by atoms with van der Waals surface area (Å²) in [4.78, 5) is 14.5. The number of benzene rings is 4. The van der Waals surface area contributed by atoms with Crippen molar-refractivity contribution in [3.63, 3.8) is 0 Å². The predicted octanol–water partition coefficient (Wildman–Crippen LogP) is 7.60. The smallest absolute Gasteiger partial charge is 0.170 e. The maximum atomic E-state index is 14.5. The first-order chi connectivity index (χ1) is 18.2. The van der Waals surface area contributed by atoms with Crippen LogP contribution >= 0.6 is 0 Å². The molecule has 4 aliphatic carbocycles. The number of carbonyl (C=O) groups excluding carboxylic acids is 1. The van der Waals surface area contributed by atoms with Gasteiger partial charge in [-0.3, -0.25) is 4.79 Å². The number of rotatable bonds is 6. The van der Waals surface area contributed by atoms with Crippen molar-refractivity contribution < 1.29 is 9.53 Å². The van der Waals surface area contributed by atoms with Crippen LogP contribution in [0.1, 0.15) is 33.0 Å². The second kappa shape index (κ2) is 8.45. The van der Waals surface area contributed by atoms with Crippen LogP contribution in [-0.4, -0.2) is 12.9 Å². The fourth-order valence-corrected chi connectivity index (χ4v) is 7.29. The number of Topliss-reactive ketones (excluding diaryl/α,β-unsaturated/α-hetero) is 1. The molecular formula is C35H28O2. The maximum Gasteiger partial charge on any atom is 0.170 e. The van der Waals surface area contributed by atoms with Gasteiger partial charge >= 0.3 is 0 Å². The Bertz CT molecular complexity index is 1480. The lowest BCUT2D eigenvalue weighted by Gasteiger charge is -2.34. The Balaban J connectivity index is 1.48. The monoisotopic (exact) mass is 480 g/mol. The molecule has 0 amide bonds. The second-order valence-electron chi connectivity index (χ2n) is 10.4. The average molecular weight is 481 g/mol. The molecule has 180 valence electrons. The van der Waals surface area contributed by atoms with Crippen molar-refractivity contribution in [3.05, 3.63) is 155 Å². The molecule has 2 heteroatoms. The number of ketones is 1. The van der Waals surface area contributed by atoms with Gasteiger partial charge in [-0.05, 0) is 45.9 Å². The molecule has 5 atom stereocenters. The van der Waals surface area contributed by atoms with E-state index in [4.69, 9.17) is 4.74 Å². The average Bonchev–Trinajstić information content (AvgIpc) is 3.59. The fraction of sp³-hybridized carbons (Fsp3) is 0.171. The largest absolute Gasteiger partial charge is 0.497 e. The first-order valence-electron chi connectivity index (χ1n) is 13.0. The highest BCUT2D eigenvalue weighted by molar-refractivity contribution is 6.06. The molecule has 0 N–H and O–H groups in total. The Hall–Kier alpha value is -4.17. The Morgan fingerprint density at radius 2 is 1.19 bits per heavy atom. The summed E-state index contributed by atoms with van der Waals surface area (Å²) >= 11 is 0. The first-order valence-corrected chi connectivity index (χ1v) is 13.0. The molecule has 37 heavy (non-hydrogen) atoms. The topological polar surface area (TPSA) is 26.3 Å². The Kier molecular flexibility index (Phi) is 5.04. The number of hydrogen-bond acceptors (Lipinski definition) is 2. The molecule has 0 spiro atoms. The normalized spacial score (nSPS) is 26.6. The molecule has 4 unspecified atom stereocenters. The van der Waals surface area contributed by atoms with Crippen LogP contribution in [-0.2, 0) is 0 Å². The molecule has 0 saturated heterocycles. The molecule has 2 nitrogen and oxygen atoms in total. The van der Waals surface area contributed by atoms with Crippen LogP contribution in [0.25, 0.3) is 5.57 Å². The minimum absolute atomic E-state index is 0.0866. The summed E-state index contributed by atoms with van der Waals surface area (Å²) in [6.07, 6.45) is 4.70. The third kappa shape index (κ3) is 3.15. The van der Waals surface area contributed by atoms with Gasteiger partial charge in [0.2, 0.25) is 0 Å². The molecule has 2 fully saturated rings. The molecule has 0 heterocycles. The lowest BCUT2D eigenvalue weighted by Crippen LogP contribution is -2.30. The van der Waals surface area contributed by atoms with Crippen molar-refractivity contribution in [2.24, 2.45) is 23.2 Å². The van der Waals surface area contributed by atoms with Crippen LogP contribution in [0.2, 0.25) is 0 Å². The molecule has 2 saturated carbocycles. The highest BCUT2D eigenvalue weighted by Gasteiger charge is 2.80. The summed E-state index contributed by atoms with van der Waals surface area (Å²) < 4.78 is 5.46. The molecule has 8 rings (SSSR count). The Morgan fingerprint density at radius 3 is 1.73 bits per heavy atom. The van der Waals surface area contributed by atoms with E-state index in [1.165, 1.54) is 27.8 Å². The number of allylic oxidation sites excluding steroid dienone is 3. The number of ether oxygens (including phenoxy) is 1. The van der Waals surface area contributed by atoms with Gasteiger partial charge in [0.15, 0.2) is 5.78 Å². The van der Waals surface area contributed by atoms with Crippen molar-refractivity contribution in [2.45, 2.75) is 5.92 Å². The second-order valence-corrected chi connectivity index (χ2v) is 10.4. The van der Waals surface area contributed by atoms with Gasteiger partial charge in [0, 0.05) is 23.3 Å². The molecular weight excluding hydrogens is 452 g/mol. The van der Waals surface area contributed by atoms with Gasteiger partial charge in [0.25, 0.3) is 0 Å². The van der Waals surface area contributed by atoms with E-state index >= 15 is 0 Å². The standard InChI is InChI=1S/C35H28O2/c1-37-27-19-17-25(18-20-27)32-28-21-22-29-33(35(29,32)34(36)26-15-9-4-10-16-26)31(28)30(23-11-5-2-6-12-23)24-13-7-3-8-14-24/h2-22,28-29,32-33H,1H3/t28?,29?,32-,33?,35?/m0/s1. The number of hydrogen-bond donors (Lipinski definition) is 0. The predicted molar refractivity (Wildman–Crippen MR) is 147 cm³/mol. The SMILES string of the molecule is COc1ccc([C@H]2C3C=CC4C(C3=C(c3ccccc3)c3ccccc3)C42C(=O)c2ccccc2)cc1. The van der Waals surface area contributed by atoms with Crippen molar-refractivity contribution in [1.29, 1.82) is 0 Å². The molecule has 0 aliphatic heterocycles. The highest BCUT2D eigenvalue weighted by atomic mass is 16.5. The first kappa shape index (κ1) is 22.1. The number of methoxy groups -OCH3 is 1. The lowest BCUT2D eigenvalue weighted by molar-refractivity contribution is 0.0859. The van der Waals surface area contributed by atoms with E-state index in [0.717, 1.165) is 11.3 Å². The summed E-state index contributed by atoms with van der Waals surface area (Å²) in [6, 6.07) is 39.7. The molecule has 0 radical (unpaired) electrons. The van der Waals surface area contributed by atoms with Crippen LogP contribution in [0.4, 0.5) is 0 Å². The Labute approximate surface area is 217 Å². The van der Waals surface area contributed by atoms with Crippen molar-refractivity contribution >= 4 is 11.4 Å². The van der Waals surface area contributed by atoms with Crippen LogP contribution < -0.4 is 4.74 Å². The summed E-state index contributed by atoms with van der Waals surface area (Å²) in [7, 11) is 1.69. The zero-order chi connectivity index (χ0) is 25.0. The maximum absolute atomic E-state index is 14.5. The number of carbonyl (C=O) groups is 1. The lowest BCUT2D eigenvalue weighted by atomic mass is 9.68. The van der Waals surface area contributed by atoms with E-state index in [-0.39, 0.29) is 29.5 Å². The van der Waals surface area contributed by atoms with Crippen LogP contribution in [0.15, 0.2) is 133 Å². The summed E-state index contributed by atoms with van der Waals surface area (Å²) in [5.41, 5.74) is 6.68. The van der Waals surface area contributed by atoms with E-state index < -0.39 is 5.41 Å². The van der Waals surface area contributed by atoms with Gasteiger partial charge in [0.05, 0.1) is 12.5 Å². The summed E-state index contributed by atoms with van der Waals surface area (Å²) in [5.74, 6) is 1.75. The molecule has 0 aromatic heterocycles. The molecule has 4 aromatic carbocycles. The zero-order valence-electron chi connectivity index (χ0n) is 20.8. The van der Waals surface area contributed by atoms with Gasteiger partial charge in [0.1, 0.15) is 5.75 Å². The minimum atomic E-state index is -0.459. The third-order valence-corrected chi connectivity index (χ3v) is 8.73. The van der Waals surface area contributed by atoms with Crippen molar-refractivity contribution in [3.8, 4) is 5.75 Å². The van der Waals surface area contributed by atoms with Crippen LogP contribution in [0.3, 0.4) is 0 Å². The minimum Gasteiger partial charge on any atom is -0.497 e. The van der Waals surface area contributed by atoms with E-state index in [1.807, 2.05) is 42.5 Å². The highest BCUT2D eigenvalue weighted by Crippen LogP contribution is 2.82. The van der Waals surface area contributed by atoms with Gasteiger partial charge in [-0.25, -0.2) is 0 Å². The van der Waals surface area contributed by atoms with E-state index in [0.29, 0.717) is 0 Å². The fourth-order valence-electron chi connectivity index (χ4n) is 7.29. The van der Waals surface area contributed by atoms with Crippen molar-refractivity contribution in [2.75, 3.05) is 7.11 Å². The Morgan fingerprint density at radius 1 is 0.649 bits per heavy atom. The quantitative estimate of drug-likeness (QED) is 0.210. The molecule has 4 bridgehead atoms. The van der Waals surface area contributed by atoms with E-state index in [2.05, 4.69) is 84.9 Å². The van der Waals surface area contributed by atoms with Crippen LogP contribution in [0, 0.1) is 23.2 Å². The van der Waals surface area contributed by atoms with E-state index in [1.54, 1.807) is 7.11 Å². The summed E-state index contributed by atoms with van der Waals surface area (Å²) in [5, 5.41) is 0. The van der Waals surface area contributed by atoms with Gasteiger partial charge in [-0.15, -0.1) is 0 Å². The molecule has 4 aliphatic rings. The van der Waals surface area contributed by atoms with Gasteiger partial charge in [-0.1, -0.05) is 115 Å². The van der Waals surface area contributed by atoms with Gasteiger partial charge < -0.3 is 4.74 Å². The van der Waals surface area contributed by atoms with Crippen LogP contribution in [0.5, 0.6) is 5.75 Å². The van der Waals surface area contributed by atoms with Gasteiger partial charge in [-0.2, -0.15) is 0 Å². The summed E-state index contributed by atoms with van der Waals surface area (Å²) in [6.45, 7) is 0. The molecule has 4 aromatic rings. The third-order valence-electron chi connectivity index (χ3n) is 8.73. The zero-order valence-corrected chi connectivity index (χ0v) is 20.8. The van der Waals surface area contributed by atoms with Crippen molar-refractivity contribution in [1.82, 2.24) is 0 Å². The van der Waals surface area contributed by atoms with E-state index in [9.17, 15) is 4.79 Å².